The van der Waals surface area contributed by atoms with Gasteiger partial charge in [-0.3, -0.25) is 0 Å². The first-order valence-electron chi connectivity index (χ1n) is 3.99. The smallest absolute Gasteiger partial charge is 0.177 e. The number of ether oxygens (including phenoxy) is 2. The Morgan fingerprint density at radius 1 is 1.50 bits per heavy atom. The zero-order chi connectivity index (χ0) is 10.4. The molecule has 0 bridgehead atoms. The van der Waals surface area contributed by atoms with Crippen molar-refractivity contribution in [2.45, 2.75) is 0 Å². The minimum atomic E-state index is 0.0211. The first-order chi connectivity index (χ1) is 6.76. The zero-order valence-electron chi connectivity index (χ0n) is 7.80. The predicted octanol–water partition coefficient (Wildman–Crippen LogP) is 0.820. The number of nitrogens with zero attached hydrogens (tertiary/aromatic N) is 1. The van der Waals surface area contributed by atoms with Crippen LogP contribution in [-0.2, 0) is 0 Å². The summed E-state index contributed by atoms with van der Waals surface area (Å²) >= 11 is 0. The van der Waals surface area contributed by atoms with Gasteiger partial charge in [0.15, 0.2) is 5.84 Å². The van der Waals surface area contributed by atoms with E-state index in [2.05, 4.69) is 5.16 Å². The summed E-state index contributed by atoms with van der Waals surface area (Å²) in [5.74, 6) is 1.32. The van der Waals surface area contributed by atoms with Crippen LogP contribution in [0.3, 0.4) is 0 Å². The summed E-state index contributed by atoms with van der Waals surface area (Å²) in [5.41, 5.74) is 5.24. The molecule has 0 unspecified atom stereocenters. The van der Waals surface area contributed by atoms with Crippen molar-refractivity contribution >= 4 is 5.84 Å². The summed E-state index contributed by atoms with van der Waals surface area (Å²) in [6.45, 7) is 0.0453. The highest BCUT2D eigenvalue weighted by Crippen LogP contribution is 2.18. The van der Waals surface area contributed by atoms with E-state index in [1.807, 2.05) is 0 Å². The molecule has 0 saturated heterocycles. The SMILES string of the molecule is COc1cccc(OC/C(N)=N/O)c1. The first-order valence-corrected chi connectivity index (χ1v) is 3.99. The quantitative estimate of drug-likeness (QED) is 0.323. The molecule has 0 aliphatic carbocycles. The molecule has 0 aliphatic heterocycles. The van der Waals surface area contributed by atoms with Gasteiger partial charge in [-0.25, -0.2) is 0 Å². The summed E-state index contributed by atoms with van der Waals surface area (Å²) < 4.78 is 10.2. The molecule has 5 nitrogen and oxygen atoms in total. The summed E-state index contributed by atoms with van der Waals surface area (Å²) in [6.07, 6.45) is 0. The molecule has 76 valence electrons. The lowest BCUT2D eigenvalue weighted by Gasteiger charge is -2.06. The molecule has 0 radical (unpaired) electrons. The average molecular weight is 196 g/mol. The Kier molecular flexibility index (Phi) is 3.60. The minimum Gasteiger partial charge on any atom is -0.497 e. The Balaban J connectivity index is 2.58. The van der Waals surface area contributed by atoms with Crippen molar-refractivity contribution in [3.63, 3.8) is 0 Å². The second-order valence-corrected chi connectivity index (χ2v) is 2.56. The van der Waals surface area contributed by atoms with Gasteiger partial charge in [-0.15, -0.1) is 0 Å². The van der Waals surface area contributed by atoms with Gasteiger partial charge < -0.3 is 20.4 Å². The maximum Gasteiger partial charge on any atom is 0.177 e. The van der Waals surface area contributed by atoms with Crippen LogP contribution in [0.25, 0.3) is 0 Å². The van der Waals surface area contributed by atoms with E-state index >= 15 is 0 Å². The molecule has 1 aromatic carbocycles. The second kappa shape index (κ2) is 4.96. The zero-order valence-corrected chi connectivity index (χ0v) is 7.80. The topological polar surface area (TPSA) is 77.1 Å². The van der Waals surface area contributed by atoms with E-state index in [-0.39, 0.29) is 12.4 Å². The van der Waals surface area contributed by atoms with Crippen LogP contribution >= 0.6 is 0 Å². The molecule has 5 heteroatoms. The fraction of sp³-hybridized carbons (Fsp3) is 0.222. The van der Waals surface area contributed by atoms with Crippen LogP contribution in [0.2, 0.25) is 0 Å². The van der Waals surface area contributed by atoms with E-state index in [1.165, 1.54) is 0 Å². The van der Waals surface area contributed by atoms with Gasteiger partial charge in [0.25, 0.3) is 0 Å². The molecule has 0 saturated carbocycles. The van der Waals surface area contributed by atoms with Gasteiger partial charge in [0.05, 0.1) is 7.11 Å². The lowest BCUT2D eigenvalue weighted by atomic mass is 10.3. The molecule has 0 aliphatic rings. The summed E-state index contributed by atoms with van der Waals surface area (Å²) in [6, 6.07) is 7.06. The lowest BCUT2D eigenvalue weighted by molar-refractivity contribution is 0.306. The van der Waals surface area contributed by atoms with Crippen molar-refractivity contribution < 1.29 is 14.7 Å². The van der Waals surface area contributed by atoms with E-state index in [4.69, 9.17) is 20.4 Å². The molecular formula is C9H12N2O3. The first kappa shape index (κ1) is 10.2. The Hall–Kier alpha value is -1.91. The number of methoxy groups -OCH3 is 1. The van der Waals surface area contributed by atoms with Gasteiger partial charge in [0.1, 0.15) is 18.1 Å². The Bertz CT molecular complexity index is 326. The fourth-order valence-corrected chi connectivity index (χ4v) is 0.877. The molecule has 1 aromatic rings. The van der Waals surface area contributed by atoms with Crippen LogP contribution in [-0.4, -0.2) is 24.8 Å². The fourth-order valence-electron chi connectivity index (χ4n) is 0.877. The van der Waals surface area contributed by atoms with E-state index < -0.39 is 0 Å². The average Bonchev–Trinajstić information content (AvgIpc) is 2.26. The molecule has 3 N–H and O–H groups in total. The Morgan fingerprint density at radius 2 is 2.21 bits per heavy atom. The molecule has 1 rings (SSSR count). The van der Waals surface area contributed by atoms with Crippen LogP contribution in [0, 0.1) is 0 Å². The van der Waals surface area contributed by atoms with Crippen LogP contribution in [0.1, 0.15) is 0 Å². The molecule has 0 amide bonds. The third kappa shape index (κ3) is 2.85. The number of hydrogen-bond donors (Lipinski definition) is 2. The van der Waals surface area contributed by atoms with E-state index in [0.717, 1.165) is 0 Å². The minimum absolute atomic E-state index is 0.0211. The molecule has 0 heterocycles. The Morgan fingerprint density at radius 3 is 2.86 bits per heavy atom. The highest BCUT2D eigenvalue weighted by atomic mass is 16.5. The largest absolute Gasteiger partial charge is 0.497 e. The molecule has 0 atom stereocenters. The van der Waals surface area contributed by atoms with Crippen LogP contribution < -0.4 is 15.2 Å². The van der Waals surface area contributed by atoms with Crippen LogP contribution in [0.4, 0.5) is 0 Å². The molecule has 0 spiro atoms. The van der Waals surface area contributed by atoms with Gasteiger partial charge in [-0.1, -0.05) is 11.2 Å². The molecular weight excluding hydrogens is 184 g/mol. The monoisotopic (exact) mass is 196 g/mol. The van der Waals surface area contributed by atoms with Crippen molar-refractivity contribution in [2.75, 3.05) is 13.7 Å². The third-order valence-corrected chi connectivity index (χ3v) is 1.56. The van der Waals surface area contributed by atoms with Crippen LogP contribution in [0.15, 0.2) is 29.4 Å². The third-order valence-electron chi connectivity index (χ3n) is 1.56. The number of amidine groups is 1. The highest BCUT2D eigenvalue weighted by Gasteiger charge is 1.98. The van der Waals surface area contributed by atoms with Gasteiger partial charge in [-0.2, -0.15) is 0 Å². The summed E-state index contributed by atoms with van der Waals surface area (Å²) in [7, 11) is 1.57. The predicted molar refractivity (Wildman–Crippen MR) is 51.9 cm³/mol. The summed E-state index contributed by atoms with van der Waals surface area (Å²) in [5, 5.41) is 11.1. The van der Waals surface area contributed by atoms with Crippen molar-refractivity contribution in [3.05, 3.63) is 24.3 Å². The van der Waals surface area contributed by atoms with Crippen LogP contribution in [0.5, 0.6) is 11.5 Å². The number of rotatable bonds is 4. The maximum atomic E-state index is 8.27. The van der Waals surface area contributed by atoms with Crippen molar-refractivity contribution in [2.24, 2.45) is 10.9 Å². The highest BCUT2D eigenvalue weighted by molar-refractivity contribution is 5.81. The van der Waals surface area contributed by atoms with Gasteiger partial charge in [0.2, 0.25) is 0 Å². The molecule has 0 fully saturated rings. The number of hydrogen-bond acceptors (Lipinski definition) is 4. The van der Waals surface area contributed by atoms with Crippen molar-refractivity contribution in [1.82, 2.24) is 0 Å². The number of benzene rings is 1. The Labute approximate surface area is 81.7 Å². The van der Waals surface area contributed by atoms with Gasteiger partial charge in [0, 0.05) is 6.07 Å². The maximum absolute atomic E-state index is 8.27. The molecule has 14 heavy (non-hydrogen) atoms. The lowest BCUT2D eigenvalue weighted by Crippen LogP contribution is -2.20. The van der Waals surface area contributed by atoms with Gasteiger partial charge in [-0.05, 0) is 12.1 Å². The van der Waals surface area contributed by atoms with Gasteiger partial charge >= 0.3 is 0 Å². The van der Waals surface area contributed by atoms with Crippen molar-refractivity contribution in [1.29, 1.82) is 0 Å². The number of oxime groups is 1. The normalized spacial score (nSPS) is 11.1. The number of nitrogens with two attached hydrogens (primary N) is 1. The van der Waals surface area contributed by atoms with Crippen molar-refractivity contribution in [3.8, 4) is 11.5 Å². The van der Waals surface area contributed by atoms with E-state index in [9.17, 15) is 0 Å². The standard InChI is InChI=1S/C9H12N2O3/c1-13-7-3-2-4-8(5-7)14-6-9(10)11-12/h2-5,12H,6H2,1H3,(H2,10,11). The molecule has 0 aromatic heterocycles. The second-order valence-electron chi connectivity index (χ2n) is 2.56. The summed E-state index contributed by atoms with van der Waals surface area (Å²) in [4.78, 5) is 0. The van der Waals surface area contributed by atoms with E-state index in [0.29, 0.717) is 11.5 Å². The van der Waals surface area contributed by atoms with E-state index in [1.54, 1.807) is 31.4 Å².